The maximum atomic E-state index is 14.3. The number of aromatic nitrogens is 2. The van der Waals surface area contributed by atoms with Gasteiger partial charge >= 0.3 is 6.18 Å². The van der Waals surface area contributed by atoms with Gasteiger partial charge in [-0.05, 0) is 95.3 Å². The number of benzene rings is 8. The second kappa shape index (κ2) is 13.9. The molecule has 0 aliphatic heterocycles. The molecule has 2 aromatic heterocycles. The Hall–Kier alpha value is -7.87. The molecule has 0 spiro atoms. The van der Waals surface area contributed by atoms with Crippen LogP contribution in [0, 0.1) is 31.8 Å². The fraction of sp³-hybridized carbons (Fsp3) is 0.0566. The Labute approximate surface area is 344 Å². The SMILES string of the molecule is [C-]#[N+]c1cc(C(F)(F)F)ccc1-c1c(-n2c3ccccc3c3ccc(-c4ccccc4C)cc32)cc(C#N)cc1-n1c2ccccc2c2ccc(-c3ccccc3C)cc21. The quantitative estimate of drug-likeness (QED) is 0.160. The van der Waals surface area contributed by atoms with Crippen molar-refractivity contribution in [3.63, 3.8) is 0 Å². The first-order chi connectivity index (χ1) is 29.1. The van der Waals surface area contributed by atoms with E-state index in [0.717, 1.165) is 89.1 Å². The number of nitrogens with zero attached hydrogens (tertiary/aromatic N) is 4. The average Bonchev–Trinajstić information content (AvgIpc) is 3.77. The van der Waals surface area contributed by atoms with Gasteiger partial charge in [0.25, 0.3) is 0 Å². The minimum absolute atomic E-state index is 0.153. The van der Waals surface area contributed by atoms with Gasteiger partial charge < -0.3 is 9.13 Å². The van der Waals surface area contributed by atoms with Crippen molar-refractivity contribution in [1.82, 2.24) is 9.13 Å². The Balaban J connectivity index is 1.40. The molecular formula is C53H33F3N4. The molecule has 0 unspecified atom stereocenters. The molecule has 0 atom stereocenters. The minimum Gasteiger partial charge on any atom is -0.309 e. The van der Waals surface area contributed by atoms with Gasteiger partial charge in [-0.25, -0.2) is 4.85 Å². The van der Waals surface area contributed by atoms with Crippen LogP contribution in [0.5, 0.6) is 0 Å². The van der Waals surface area contributed by atoms with E-state index in [1.165, 1.54) is 6.07 Å². The lowest BCUT2D eigenvalue weighted by Crippen LogP contribution is -2.07. The number of nitriles is 1. The van der Waals surface area contributed by atoms with E-state index in [-0.39, 0.29) is 5.69 Å². The van der Waals surface area contributed by atoms with E-state index in [1.807, 2.05) is 60.7 Å². The molecule has 0 saturated carbocycles. The second-order valence-corrected chi connectivity index (χ2v) is 15.1. The maximum Gasteiger partial charge on any atom is 0.415 e. The summed E-state index contributed by atoms with van der Waals surface area (Å²) in [5.41, 5.74) is 10.9. The molecule has 4 nitrogen and oxygen atoms in total. The third kappa shape index (κ3) is 5.74. The molecule has 10 aromatic rings. The minimum atomic E-state index is -4.66. The summed E-state index contributed by atoms with van der Waals surface area (Å²) in [6, 6.07) is 54.4. The first-order valence-electron chi connectivity index (χ1n) is 19.5. The maximum absolute atomic E-state index is 14.3. The molecule has 8 aromatic carbocycles. The van der Waals surface area contributed by atoms with Gasteiger partial charge in [0.2, 0.25) is 0 Å². The third-order valence-electron chi connectivity index (χ3n) is 11.7. The van der Waals surface area contributed by atoms with Crippen LogP contribution in [0.1, 0.15) is 22.3 Å². The van der Waals surface area contributed by atoms with Gasteiger partial charge in [-0.2, -0.15) is 18.4 Å². The summed E-state index contributed by atoms with van der Waals surface area (Å²) < 4.78 is 47.1. The summed E-state index contributed by atoms with van der Waals surface area (Å²) in [5, 5.41) is 14.7. The molecule has 0 saturated heterocycles. The van der Waals surface area contributed by atoms with Crippen LogP contribution in [-0.2, 0) is 6.18 Å². The Bertz CT molecular complexity index is 3300. The first kappa shape index (κ1) is 36.5. The highest BCUT2D eigenvalue weighted by Crippen LogP contribution is 2.47. The number of hydrogen-bond donors (Lipinski definition) is 0. The summed E-state index contributed by atoms with van der Waals surface area (Å²) in [6.45, 7) is 12.5. The van der Waals surface area contributed by atoms with E-state index < -0.39 is 11.7 Å². The van der Waals surface area contributed by atoms with Crippen molar-refractivity contribution in [3.05, 3.63) is 197 Å². The lowest BCUT2D eigenvalue weighted by Gasteiger charge is -2.22. The van der Waals surface area contributed by atoms with Crippen molar-refractivity contribution >= 4 is 49.3 Å². The summed E-state index contributed by atoms with van der Waals surface area (Å²) in [6.07, 6.45) is -4.66. The predicted molar refractivity (Wildman–Crippen MR) is 237 cm³/mol. The van der Waals surface area contributed by atoms with Crippen LogP contribution < -0.4 is 0 Å². The molecule has 0 fully saturated rings. The van der Waals surface area contributed by atoms with Crippen LogP contribution >= 0.6 is 0 Å². The zero-order valence-corrected chi connectivity index (χ0v) is 32.5. The van der Waals surface area contributed by atoms with E-state index in [1.54, 1.807) is 12.1 Å². The van der Waals surface area contributed by atoms with Crippen molar-refractivity contribution in [2.24, 2.45) is 0 Å². The Morgan fingerprint density at radius 1 is 0.517 bits per heavy atom. The molecule has 0 aliphatic carbocycles. The number of para-hydroxylation sites is 2. The monoisotopic (exact) mass is 782 g/mol. The van der Waals surface area contributed by atoms with Gasteiger partial charge in [0.15, 0.2) is 5.69 Å². The predicted octanol–water partition coefficient (Wildman–Crippen LogP) is 14.9. The topological polar surface area (TPSA) is 38.0 Å². The van der Waals surface area contributed by atoms with E-state index in [9.17, 15) is 18.4 Å². The van der Waals surface area contributed by atoms with Gasteiger partial charge in [-0.3, -0.25) is 0 Å². The zero-order chi connectivity index (χ0) is 41.3. The molecule has 0 bridgehead atoms. The standard InChI is InChI=1S/C53H33F3N4/c1-32-12-4-6-14-38(32)35-20-23-42-40-16-8-10-18-46(40)59(48(42)28-35)50-26-34(31-57)27-51(52(50)44-25-22-37(53(54,55)56)30-45(44)58-3)60-47-19-11-9-17-41(47)43-24-21-36(29-49(43)60)39-15-7-5-13-33(39)2/h4-30H,1-2H3. The van der Waals surface area contributed by atoms with Crippen LogP contribution in [0.4, 0.5) is 18.9 Å². The van der Waals surface area contributed by atoms with Gasteiger partial charge in [0.05, 0.1) is 51.6 Å². The molecule has 0 radical (unpaired) electrons. The summed E-state index contributed by atoms with van der Waals surface area (Å²) >= 11 is 0. The van der Waals surface area contributed by atoms with E-state index in [2.05, 4.69) is 107 Å². The van der Waals surface area contributed by atoms with Gasteiger partial charge in [0.1, 0.15) is 0 Å². The lowest BCUT2D eigenvalue weighted by atomic mass is 9.95. The van der Waals surface area contributed by atoms with Gasteiger partial charge in [-0.15, -0.1) is 0 Å². The highest BCUT2D eigenvalue weighted by molar-refractivity contribution is 6.13. The van der Waals surface area contributed by atoms with Crippen molar-refractivity contribution in [2.45, 2.75) is 20.0 Å². The van der Waals surface area contributed by atoms with Crippen LogP contribution in [0.25, 0.3) is 93.2 Å². The second-order valence-electron chi connectivity index (χ2n) is 15.1. The highest BCUT2D eigenvalue weighted by atomic mass is 19.4. The third-order valence-corrected chi connectivity index (χ3v) is 11.7. The number of halogens is 3. The normalized spacial score (nSPS) is 11.7. The van der Waals surface area contributed by atoms with Crippen LogP contribution in [0.3, 0.4) is 0 Å². The van der Waals surface area contributed by atoms with E-state index in [4.69, 9.17) is 6.57 Å². The van der Waals surface area contributed by atoms with Crippen molar-refractivity contribution < 1.29 is 13.2 Å². The lowest BCUT2D eigenvalue weighted by molar-refractivity contribution is -0.137. The van der Waals surface area contributed by atoms with Gasteiger partial charge in [-0.1, -0.05) is 121 Å². The molecule has 0 aliphatic rings. The Kier molecular flexibility index (Phi) is 8.45. The average molecular weight is 783 g/mol. The Morgan fingerprint density at radius 2 is 0.983 bits per heavy atom. The van der Waals surface area contributed by atoms with E-state index in [0.29, 0.717) is 28.1 Å². The van der Waals surface area contributed by atoms with Crippen molar-refractivity contribution in [3.8, 4) is 50.8 Å². The summed E-state index contributed by atoms with van der Waals surface area (Å²) in [7, 11) is 0. The molecule has 10 rings (SSSR count). The highest BCUT2D eigenvalue weighted by Gasteiger charge is 2.32. The molecule has 7 heteroatoms. The molecule has 0 amide bonds. The molecule has 2 heterocycles. The smallest absolute Gasteiger partial charge is 0.309 e. The van der Waals surface area contributed by atoms with Crippen molar-refractivity contribution in [1.29, 1.82) is 5.26 Å². The number of fused-ring (bicyclic) bond motifs is 6. The van der Waals surface area contributed by atoms with Gasteiger partial charge in [0, 0.05) is 32.7 Å². The fourth-order valence-electron chi connectivity index (χ4n) is 8.91. The largest absolute Gasteiger partial charge is 0.415 e. The molecular weight excluding hydrogens is 750 g/mol. The molecule has 0 N–H and O–H groups in total. The summed E-state index contributed by atoms with van der Waals surface area (Å²) in [5.74, 6) is 0. The fourth-order valence-corrected chi connectivity index (χ4v) is 8.91. The van der Waals surface area contributed by atoms with Crippen LogP contribution in [0.2, 0.25) is 0 Å². The number of aryl methyl sites for hydroxylation is 2. The van der Waals surface area contributed by atoms with Crippen LogP contribution in [0.15, 0.2) is 164 Å². The summed E-state index contributed by atoms with van der Waals surface area (Å²) in [4.78, 5) is 3.75. The molecule has 60 heavy (non-hydrogen) atoms. The van der Waals surface area contributed by atoms with E-state index >= 15 is 0 Å². The Morgan fingerprint density at radius 3 is 1.45 bits per heavy atom. The van der Waals surface area contributed by atoms with Crippen LogP contribution in [-0.4, -0.2) is 9.13 Å². The number of rotatable bonds is 5. The zero-order valence-electron chi connectivity index (χ0n) is 32.5. The number of alkyl halides is 3. The molecule has 286 valence electrons. The number of hydrogen-bond acceptors (Lipinski definition) is 1. The first-order valence-corrected chi connectivity index (χ1v) is 19.5. The van der Waals surface area contributed by atoms with Crippen molar-refractivity contribution in [2.75, 3.05) is 0 Å².